The molecule has 1 aromatic carbocycles. The van der Waals surface area contributed by atoms with Gasteiger partial charge in [0, 0.05) is 6.07 Å². The minimum atomic E-state index is -0.765. The van der Waals surface area contributed by atoms with Crippen LogP contribution in [0.4, 0.5) is 13.9 Å². The van der Waals surface area contributed by atoms with Gasteiger partial charge in [0.2, 0.25) is 5.91 Å². The van der Waals surface area contributed by atoms with Gasteiger partial charge in [-0.1, -0.05) is 29.2 Å². The zero-order valence-corrected chi connectivity index (χ0v) is 11.5. The van der Waals surface area contributed by atoms with Crippen LogP contribution in [-0.2, 0) is 11.2 Å². The van der Waals surface area contributed by atoms with Crippen molar-refractivity contribution >= 4 is 22.4 Å². The third-order valence-corrected chi connectivity index (χ3v) is 3.24. The Bertz CT molecular complexity index is 719. The molecule has 21 heavy (non-hydrogen) atoms. The summed E-state index contributed by atoms with van der Waals surface area (Å²) in [4.78, 5) is 16.3. The molecule has 4 nitrogen and oxygen atoms in total. The van der Waals surface area contributed by atoms with Gasteiger partial charge in [-0.2, -0.15) is 0 Å². The highest BCUT2D eigenvalue weighted by molar-refractivity contribution is 7.16. The fraction of sp³-hybridized carbons (Fsp3) is 0.143. The molecule has 0 aliphatic heterocycles. The van der Waals surface area contributed by atoms with Crippen molar-refractivity contribution in [2.24, 2.45) is 0 Å². The average Bonchev–Trinajstić information content (AvgIpc) is 2.87. The summed E-state index contributed by atoms with van der Waals surface area (Å²) in [6.07, 6.45) is 1.24. The summed E-state index contributed by atoms with van der Waals surface area (Å²) in [7, 11) is 0. The molecule has 2 rings (SSSR count). The van der Waals surface area contributed by atoms with Crippen molar-refractivity contribution in [3.63, 3.8) is 0 Å². The SMILES string of the molecule is O=C(Cc1ccc(F)cc1F)Nc1ncc(C#CCO)s1. The number of hydrogen-bond donors (Lipinski definition) is 2. The van der Waals surface area contributed by atoms with Crippen molar-refractivity contribution < 1.29 is 18.7 Å². The fourth-order valence-corrected chi connectivity index (χ4v) is 2.23. The lowest BCUT2D eigenvalue weighted by Crippen LogP contribution is -2.15. The zero-order chi connectivity index (χ0) is 15.2. The number of nitrogens with one attached hydrogen (secondary N) is 1. The maximum atomic E-state index is 13.4. The van der Waals surface area contributed by atoms with Gasteiger partial charge in [-0.25, -0.2) is 13.8 Å². The van der Waals surface area contributed by atoms with Crippen LogP contribution in [-0.4, -0.2) is 22.6 Å². The molecule has 1 amide bonds. The number of carbonyl (C=O) groups is 1. The Morgan fingerprint density at radius 3 is 2.95 bits per heavy atom. The van der Waals surface area contributed by atoms with E-state index in [-0.39, 0.29) is 18.6 Å². The van der Waals surface area contributed by atoms with Crippen molar-refractivity contribution in [1.82, 2.24) is 4.98 Å². The molecule has 0 saturated heterocycles. The van der Waals surface area contributed by atoms with Gasteiger partial charge >= 0.3 is 0 Å². The Kier molecular flexibility index (Phi) is 4.98. The number of thiazole rings is 1. The topological polar surface area (TPSA) is 62.2 Å². The van der Waals surface area contributed by atoms with E-state index in [0.29, 0.717) is 10.0 Å². The average molecular weight is 308 g/mol. The van der Waals surface area contributed by atoms with Gasteiger partial charge < -0.3 is 10.4 Å². The van der Waals surface area contributed by atoms with Gasteiger partial charge in [0.15, 0.2) is 5.13 Å². The Labute approximate surface area is 123 Å². The van der Waals surface area contributed by atoms with E-state index >= 15 is 0 Å². The van der Waals surface area contributed by atoms with Crippen LogP contribution in [0.1, 0.15) is 10.4 Å². The first-order chi connectivity index (χ1) is 10.1. The van der Waals surface area contributed by atoms with E-state index in [1.54, 1.807) is 0 Å². The number of anilines is 1. The molecule has 0 atom stereocenters. The number of benzene rings is 1. The van der Waals surface area contributed by atoms with Crippen LogP contribution in [0, 0.1) is 23.5 Å². The predicted molar refractivity (Wildman–Crippen MR) is 74.8 cm³/mol. The van der Waals surface area contributed by atoms with Crippen molar-refractivity contribution in [2.75, 3.05) is 11.9 Å². The number of nitrogens with zero attached hydrogens (tertiary/aromatic N) is 1. The number of aliphatic hydroxyl groups is 1. The van der Waals surface area contributed by atoms with Gasteiger partial charge in [-0.3, -0.25) is 4.79 Å². The smallest absolute Gasteiger partial charge is 0.230 e. The van der Waals surface area contributed by atoms with Crippen LogP contribution < -0.4 is 5.32 Å². The molecule has 0 aliphatic rings. The van der Waals surface area contributed by atoms with Crippen LogP contribution in [0.3, 0.4) is 0 Å². The lowest BCUT2D eigenvalue weighted by atomic mass is 10.1. The normalized spacial score (nSPS) is 9.86. The van der Waals surface area contributed by atoms with Crippen molar-refractivity contribution in [3.05, 3.63) is 46.5 Å². The molecule has 0 aliphatic carbocycles. The van der Waals surface area contributed by atoms with E-state index in [4.69, 9.17) is 5.11 Å². The summed E-state index contributed by atoms with van der Waals surface area (Å²) in [5, 5.41) is 11.4. The first-order valence-electron chi connectivity index (χ1n) is 5.88. The third kappa shape index (κ3) is 4.34. The first kappa shape index (κ1) is 15.1. The molecule has 1 aromatic heterocycles. The number of aliphatic hydroxyl groups excluding tert-OH is 1. The van der Waals surface area contributed by atoms with E-state index in [1.165, 1.54) is 12.3 Å². The molecular formula is C14H10F2N2O2S. The molecule has 0 spiro atoms. The van der Waals surface area contributed by atoms with Crippen molar-refractivity contribution in [2.45, 2.75) is 6.42 Å². The summed E-state index contributed by atoms with van der Waals surface area (Å²) in [5.74, 6) is 3.20. The minimum Gasteiger partial charge on any atom is -0.384 e. The van der Waals surface area contributed by atoms with Crippen LogP contribution in [0.5, 0.6) is 0 Å². The number of aromatic nitrogens is 1. The highest BCUT2D eigenvalue weighted by Crippen LogP contribution is 2.18. The molecule has 7 heteroatoms. The molecule has 1 heterocycles. The lowest BCUT2D eigenvalue weighted by molar-refractivity contribution is -0.115. The summed E-state index contributed by atoms with van der Waals surface area (Å²) in [6.45, 7) is -0.260. The van der Waals surface area contributed by atoms with E-state index in [2.05, 4.69) is 22.1 Å². The van der Waals surface area contributed by atoms with E-state index in [9.17, 15) is 13.6 Å². The number of hydrogen-bond acceptors (Lipinski definition) is 4. The standard InChI is InChI=1S/C14H10F2N2O2S/c15-10-4-3-9(12(16)7-10)6-13(20)18-14-17-8-11(21-14)2-1-5-19/h3-4,7-8,19H,5-6H2,(H,17,18,20). The second-order valence-corrected chi connectivity index (χ2v) is 4.98. The molecule has 0 saturated carbocycles. The summed E-state index contributed by atoms with van der Waals surface area (Å²) in [6, 6.07) is 3.05. The van der Waals surface area contributed by atoms with Gasteiger partial charge in [0.25, 0.3) is 0 Å². The molecule has 0 unspecified atom stereocenters. The van der Waals surface area contributed by atoms with Crippen LogP contribution >= 0.6 is 11.3 Å². The molecular weight excluding hydrogens is 298 g/mol. The molecule has 2 N–H and O–H groups in total. The van der Waals surface area contributed by atoms with Gasteiger partial charge in [0.1, 0.15) is 18.2 Å². The predicted octanol–water partition coefficient (Wildman–Crippen LogP) is 1.95. The summed E-state index contributed by atoms with van der Waals surface area (Å²) >= 11 is 1.14. The number of amides is 1. The van der Waals surface area contributed by atoms with E-state index in [0.717, 1.165) is 23.5 Å². The Hall–Kier alpha value is -2.30. The molecule has 0 fully saturated rings. The van der Waals surface area contributed by atoms with E-state index < -0.39 is 17.5 Å². The quantitative estimate of drug-likeness (QED) is 0.852. The minimum absolute atomic E-state index is 0.103. The zero-order valence-electron chi connectivity index (χ0n) is 10.7. The summed E-state index contributed by atoms with van der Waals surface area (Å²) in [5.41, 5.74) is 0.103. The molecule has 2 aromatic rings. The largest absolute Gasteiger partial charge is 0.384 e. The van der Waals surface area contributed by atoms with Crippen LogP contribution in [0.25, 0.3) is 0 Å². The molecule has 108 valence electrons. The Morgan fingerprint density at radius 2 is 2.24 bits per heavy atom. The Balaban J connectivity index is 2.00. The highest BCUT2D eigenvalue weighted by atomic mass is 32.1. The lowest BCUT2D eigenvalue weighted by Gasteiger charge is -2.03. The fourth-order valence-electron chi connectivity index (χ4n) is 1.52. The van der Waals surface area contributed by atoms with Crippen molar-refractivity contribution in [1.29, 1.82) is 0 Å². The third-order valence-electron chi connectivity index (χ3n) is 2.41. The van der Waals surface area contributed by atoms with E-state index in [1.807, 2.05) is 0 Å². The maximum absolute atomic E-state index is 13.4. The number of rotatable bonds is 3. The van der Waals surface area contributed by atoms with Gasteiger partial charge in [0.05, 0.1) is 17.5 Å². The number of halogens is 2. The highest BCUT2D eigenvalue weighted by Gasteiger charge is 2.11. The van der Waals surface area contributed by atoms with Crippen LogP contribution in [0.15, 0.2) is 24.4 Å². The first-order valence-corrected chi connectivity index (χ1v) is 6.69. The second-order valence-electron chi connectivity index (χ2n) is 3.95. The summed E-state index contributed by atoms with van der Waals surface area (Å²) < 4.78 is 26.2. The monoisotopic (exact) mass is 308 g/mol. The molecule has 0 bridgehead atoms. The molecule has 0 radical (unpaired) electrons. The van der Waals surface area contributed by atoms with Crippen LogP contribution in [0.2, 0.25) is 0 Å². The van der Waals surface area contributed by atoms with Crippen molar-refractivity contribution in [3.8, 4) is 11.8 Å². The van der Waals surface area contributed by atoms with Gasteiger partial charge in [-0.05, 0) is 11.6 Å². The second kappa shape index (κ2) is 6.92. The van der Waals surface area contributed by atoms with Gasteiger partial charge in [-0.15, -0.1) is 0 Å². The Morgan fingerprint density at radius 1 is 1.43 bits per heavy atom. The number of carbonyl (C=O) groups excluding carboxylic acids is 1. The maximum Gasteiger partial charge on any atom is 0.230 e.